The monoisotopic (exact) mass is 291 g/mol. The van der Waals surface area contributed by atoms with E-state index < -0.39 is 30.0 Å². The molecule has 0 heterocycles. The number of carboxylic acid groups (broad SMARTS) is 1. The van der Waals surface area contributed by atoms with Crippen LogP contribution in [0.1, 0.15) is 13.3 Å². The number of urea groups is 1. The maximum Gasteiger partial charge on any atom is 0.326 e. The maximum atomic E-state index is 11.5. The summed E-state index contributed by atoms with van der Waals surface area (Å²) in [6, 6.07) is -2.82. The van der Waals surface area contributed by atoms with Crippen LogP contribution in [-0.4, -0.2) is 67.1 Å². The first-order chi connectivity index (χ1) is 9.42. The predicted octanol–water partition coefficient (Wildman–Crippen LogP) is -1.73. The number of carboxylic acids is 1. The lowest BCUT2D eigenvalue weighted by atomic mass is 10.2. The molecular weight excluding hydrogens is 270 g/mol. The number of ether oxygens (including phenoxy) is 1. The largest absolute Gasteiger partial charge is 0.480 e. The Morgan fingerprint density at radius 2 is 1.90 bits per heavy atom. The molecule has 0 aliphatic heterocycles. The van der Waals surface area contributed by atoms with Crippen LogP contribution in [0, 0.1) is 0 Å². The van der Waals surface area contributed by atoms with Crippen molar-refractivity contribution in [2.24, 2.45) is 0 Å². The van der Waals surface area contributed by atoms with Gasteiger partial charge in [0.1, 0.15) is 12.1 Å². The Morgan fingerprint density at radius 1 is 1.25 bits per heavy atom. The van der Waals surface area contributed by atoms with Gasteiger partial charge in [-0.05, 0) is 6.92 Å². The van der Waals surface area contributed by atoms with Crippen molar-refractivity contribution in [2.45, 2.75) is 25.4 Å². The Morgan fingerprint density at radius 3 is 2.40 bits per heavy atom. The SMILES string of the molecule is COCCNC(=O)C(C)NC(=O)N[C@@H](CCO)C(=O)O. The van der Waals surface area contributed by atoms with E-state index in [9.17, 15) is 14.4 Å². The smallest absolute Gasteiger partial charge is 0.326 e. The highest BCUT2D eigenvalue weighted by Gasteiger charge is 2.21. The molecule has 9 nitrogen and oxygen atoms in total. The number of aliphatic carboxylic acids is 1. The lowest BCUT2D eigenvalue weighted by Crippen LogP contribution is -2.52. The second kappa shape index (κ2) is 9.98. The molecule has 0 radical (unpaired) electrons. The van der Waals surface area contributed by atoms with E-state index in [1.165, 1.54) is 14.0 Å². The number of rotatable bonds is 9. The highest BCUT2D eigenvalue weighted by Crippen LogP contribution is 1.92. The van der Waals surface area contributed by atoms with E-state index in [1.807, 2.05) is 0 Å². The molecule has 0 saturated heterocycles. The molecule has 116 valence electrons. The molecular formula is C11H21N3O6. The number of hydrogen-bond acceptors (Lipinski definition) is 5. The molecule has 1 unspecified atom stereocenters. The molecule has 2 atom stereocenters. The summed E-state index contributed by atoms with van der Waals surface area (Å²) in [4.78, 5) is 33.8. The number of methoxy groups -OCH3 is 1. The zero-order valence-corrected chi connectivity index (χ0v) is 11.5. The topological polar surface area (TPSA) is 137 Å². The Hall–Kier alpha value is -1.87. The van der Waals surface area contributed by atoms with E-state index in [1.54, 1.807) is 0 Å². The zero-order valence-electron chi connectivity index (χ0n) is 11.5. The molecule has 9 heteroatoms. The summed E-state index contributed by atoms with van der Waals surface area (Å²) >= 11 is 0. The summed E-state index contributed by atoms with van der Waals surface area (Å²) in [5, 5.41) is 24.5. The van der Waals surface area contributed by atoms with E-state index in [0.717, 1.165) is 0 Å². The minimum atomic E-state index is -1.26. The van der Waals surface area contributed by atoms with E-state index in [-0.39, 0.29) is 13.0 Å². The quantitative estimate of drug-likeness (QED) is 0.320. The third kappa shape index (κ3) is 7.54. The molecule has 0 aliphatic rings. The van der Waals surface area contributed by atoms with Crippen LogP contribution in [0.3, 0.4) is 0 Å². The second-order valence-corrected chi connectivity index (χ2v) is 4.03. The number of carbonyl (C=O) groups is 3. The van der Waals surface area contributed by atoms with Gasteiger partial charge in [-0.3, -0.25) is 4.79 Å². The highest BCUT2D eigenvalue weighted by atomic mass is 16.5. The van der Waals surface area contributed by atoms with Crippen LogP contribution in [0.15, 0.2) is 0 Å². The van der Waals surface area contributed by atoms with Crippen LogP contribution in [0.5, 0.6) is 0 Å². The Labute approximate surface area is 116 Å². The predicted molar refractivity (Wildman–Crippen MR) is 69.1 cm³/mol. The van der Waals surface area contributed by atoms with Crippen molar-refractivity contribution in [1.82, 2.24) is 16.0 Å². The molecule has 0 spiro atoms. The van der Waals surface area contributed by atoms with Crippen molar-refractivity contribution in [3.63, 3.8) is 0 Å². The highest BCUT2D eigenvalue weighted by molar-refractivity contribution is 5.88. The van der Waals surface area contributed by atoms with Crippen molar-refractivity contribution in [3.05, 3.63) is 0 Å². The third-order valence-corrected chi connectivity index (χ3v) is 2.37. The van der Waals surface area contributed by atoms with Gasteiger partial charge in [0, 0.05) is 26.7 Å². The van der Waals surface area contributed by atoms with Gasteiger partial charge in [-0.15, -0.1) is 0 Å². The number of amides is 3. The normalized spacial score (nSPS) is 13.2. The Kier molecular flexibility index (Phi) is 9.05. The summed E-state index contributed by atoms with van der Waals surface area (Å²) in [6.07, 6.45) is -0.114. The van der Waals surface area contributed by atoms with Crippen molar-refractivity contribution in [3.8, 4) is 0 Å². The van der Waals surface area contributed by atoms with Gasteiger partial charge in [0.15, 0.2) is 0 Å². The van der Waals surface area contributed by atoms with Crippen LogP contribution < -0.4 is 16.0 Å². The van der Waals surface area contributed by atoms with Gasteiger partial charge in [0.25, 0.3) is 0 Å². The second-order valence-electron chi connectivity index (χ2n) is 4.03. The first kappa shape index (κ1) is 18.1. The van der Waals surface area contributed by atoms with Gasteiger partial charge in [0.2, 0.25) is 5.91 Å². The molecule has 20 heavy (non-hydrogen) atoms. The standard InChI is InChI=1S/C11H21N3O6/c1-7(9(16)12-4-6-20-2)13-11(19)14-8(3-5-15)10(17)18/h7-8,15H,3-6H2,1-2H3,(H,12,16)(H,17,18)(H2,13,14,19)/t7?,8-/m0/s1. The number of aliphatic hydroxyl groups is 1. The molecule has 0 bridgehead atoms. The summed E-state index contributed by atoms with van der Waals surface area (Å²) in [6.45, 7) is 1.75. The van der Waals surface area contributed by atoms with Gasteiger partial charge in [-0.25, -0.2) is 9.59 Å². The van der Waals surface area contributed by atoms with Crippen molar-refractivity contribution in [1.29, 1.82) is 0 Å². The van der Waals surface area contributed by atoms with E-state index in [0.29, 0.717) is 13.2 Å². The number of nitrogens with one attached hydrogen (secondary N) is 3. The average Bonchev–Trinajstić information content (AvgIpc) is 2.38. The molecule has 0 saturated carbocycles. The zero-order chi connectivity index (χ0) is 15.5. The average molecular weight is 291 g/mol. The van der Waals surface area contributed by atoms with Crippen LogP contribution in [-0.2, 0) is 14.3 Å². The van der Waals surface area contributed by atoms with E-state index >= 15 is 0 Å². The molecule has 0 aromatic carbocycles. The van der Waals surface area contributed by atoms with Crippen LogP contribution in [0.2, 0.25) is 0 Å². The van der Waals surface area contributed by atoms with Gasteiger partial charge >= 0.3 is 12.0 Å². The minimum Gasteiger partial charge on any atom is -0.480 e. The molecule has 0 aromatic heterocycles. The molecule has 0 rings (SSSR count). The van der Waals surface area contributed by atoms with Crippen LogP contribution in [0.25, 0.3) is 0 Å². The summed E-state index contributed by atoms with van der Waals surface area (Å²) in [5.41, 5.74) is 0. The number of carbonyl (C=O) groups excluding carboxylic acids is 2. The minimum absolute atomic E-state index is 0.114. The maximum absolute atomic E-state index is 11.5. The van der Waals surface area contributed by atoms with E-state index in [2.05, 4.69) is 16.0 Å². The molecule has 0 aliphatic carbocycles. The summed E-state index contributed by atoms with van der Waals surface area (Å²) < 4.78 is 4.76. The molecule has 0 fully saturated rings. The lowest BCUT2D eigenvalue weighted by Gasteiger charge is -2.17. The fourth-order valence-corrected chi connectivity index (χ4v) is 1.28. The van der Waals surface area contributed by atoms with Crippen molar-refractivity contribution < 1.29 is 29.3 Å². The van der Waals surface area contributed by atoms with Gasteiger partial charge in [-0.1, -0.05) is 0 Å². The fraction of sp³-hybridized carbons (Fsp3) is 0.727. The van der Waals surface area contributed by atoms with Gasteiger partial charge in [0.05, 0.1) is 6.61 Å². The number of hydrogen-bond donors (Lipinski definition) is 5. The molecule has 0 aromatic rings. The molecule has 3 amide bonds. The van der Waals surface area contributed by atoms with Crippen LogP contribution >= 0.6 is 0 Å². The van der Waals surface area contributed by atoms with Gasteiger partial charge in [-0.2, -0.15) is 0 Å². The molecule has 5 N–H and O–H groups in total. The summed E-state index contributed by atoms with van der Waals surface area (Å²) in [7, 11) is 1.49. The van der Waals surface area contributed by atoms with E-state index in [4.69, 9.17) is 14.9 Å². The van der Waals surface area contributed by atoms with Crippen molar-refractivity contribution in [2.75, 3.05) is 26.9 Å². The fourth-order valence-electron chi connectivity index (χ4n) is 1.28. The Bertz CT molecular complexity index is 336. The Balaban J connectivity index is 4.17. The van der Waals surface area contributed by atoms with Crippen LogP contribution in [0.4, 0.5) is 4.79 Å². The third-order valence-electron chi connectivity index (χ3n) is 2.37. The first-order valence-corrected chi connectivity index (χ1v) is 6.09. The summed E-state index contributed by atoms with van der Waals surface area (Å²) in [5.74, 6) is -1.67. The number of aliphatic hydroxyl groups excluding tert-OH is 1. The first-order valence-electron chi connectivity index (χ1n) is 6.09. The lowest BCUT2D eigenvalue weighted by molar-refractivity contribution is -0.139. The van der Waals surface area contributed by atoms with Gasteiger partial charge < -0.3 is 30.9 Å². The van der Waals surface area contributed by atoms with Crippen molar-refractivity contribution >= 4 is 17.9 Å².